The monoisotopic (exact) mass is 315 g/mol. The van der Waals surface area contributed by atoms with Crippen LogP contribution < -0.4 is 19.5 Å². The van der Waals surface area contributed by atoms with E-state index in [1.54, 1.807) is 14.2 Å². The zero-order valence-electron chi connectivity index (χ0n) is 13.5. The minimum absolute atomic E-state index is 0.0261. The van der Waals surface area contributed by atoms with Gasteiger partial charge >= 0.3 is 0 Å². The van der Waals surface area contributed by atoms with Gasteiger partial charge in [0.05, 0.1) is 20.3 Å². The van der Waals surface area contributed by atoms with E-state index in [9.17, 15) is 4.79 Å². The number of methoxy groups -OCH3 is 2. The highest BCUT2D eigenvalue weighted by atomic mass is 16.5. The molecule has 2 rings (SSSR count). The number of nitrogens with one attached hydrogen (secondary N) is 1. The molecule has 0 saturated heterocycles. The average Bonchev–Trinajstić information content (AvgIpc) is 2.60. The molecule has 1 N–H and O–H groups in total. The van der Waals surface area contributed by atoms with E-state index in [4.69, 9.17) is 14.2 Å². The molecule has 122 valence electrons. The summed E-state index contributed by atoms with van der Waals surface area (Å²) in [7, 11) is 3.17. The molecule has 0 spiro atoms. The molecule has 0 fully saturated rings. The molecule has 0 saturated carbocycles. The second-order valence-corrected chi connectivity index (χ2v) is 5.01. The molecular formula is C18H21NO4. The van der Waals surface area contributed by atoms with Gasteiger partial charge in [0, 0.05) is 0 Å². The quantitative estimate of drug-likeness (QED) is 0.853. The summed E-state index contributed by atoms with van der Waals surface area (Å²) < 4.78 is 15.9. The van der Waals surface area contributed by atoms with Gasteiger partial charge in [0.2, 0.25) is 0 Å². The van der Waals surface area contributed by atoms with Crippen LogP contribution in [-0.4, -0.2) is 26.7 Å². The molecule has 0 bridgehead atoms. The fraction of sp³-hybridized carbons (Fsp3) is 0.278. The summed E-state index contributed by atoms with van der Waals surface area (Å²) in [5.74, 6) is 1.77. The second kappa shape index (κ2) is 8.08. The van der Waals surface area contributed by atoms with Gasteiger partial charge in [0.15, 0.2) is 18.1 Å². The van der Waals surface area contributed by atoms with E-state index in [0.717, 1.165) is 5.56 Å². The highest BCUT2D eigenvalue weighted by molar-refractivity contribution is 5.78. The Morgan fingerprint density at radius 1 is 1.04 bits per heavy atom. The standard InChI is InChI=1S/C18H21NO4/c1-13(14-9-10-16(21-2)17(11-14)22-3)19-18(20)12-23-15-7-5-4-6-8-15/h4-11,13H,12H2,1-3H3,(H,19,20)/t13-/m0/s1. The van der Waals surface area contributed by atoms with Crippen molar-refractivity contribution < 1.29 is 19.0 Å². The number of amides is 1. The van der Waals surface area contributed by atoms with Crippen molar-refractivity contribution in [3.63, 3.8) is 0 Å². The maximum atomic E-state index is 12.0. The molecule has 0 radical (unpaired) electrons. The molecule has 23 heavy (non-hydrogen) atoms. The van der Waals surface area contributed by atoms with Crippen molar-refractivity contribution in [1.29, 1.82) is 0 Å². The third kappa shape index (κ3) is 4.64. The Hall–Kier alpha value is -2.69. The minimum atomic E-state index is -0.184. The minimum Gasteiger partial charge on any atom is -0.493 e. The number of rotatable bonds is 7. The summed E-state index contributed by atoms with van der Waals surface area (Å²) in [5, 5.41) is 2.89. The summed E-state index contributed by atoms with van der Waals surface area (Å²) in [6, 6.07) is 14.6. The van der Waals surface area contributed by atoms with Gasteiger partial charge in [-0.1, -0.05) is 24.3 Å². The molecule has 5 nitrogen and oxygen atoms in total. The van der Waals surface area contributed by atoms with Crippen LogP contribution in [0.2, 0.25) is 0 Å². The number of carbonyl (C=O) groups excluding carboxylic acids is 1. The SMILES string of the molecule is COc1ccc([C@H](C)NC(=O)COc2ccccc2)cc1OC. The first kappa shape index (κ1) is 16.7. The number of para-hydroxylation sites is 1. The van der Waals surface area contributed by atoms with Crippen molar-refractivity contribution in [3.05, 3.63) is 54.1 Å². The summed E-state index contributed by atoms with van der Waals surface area (Å²) >= 11 is 0. The maximum Gasteiger partial charge on any atom is 0.258 e. The lowest BCUT2D eigenvalue weighted by Crippen LogP contribution is -2.31. The van der Waals surface area contributed by atoms with Crippen molar-refractivity contribution in [2.75, 3.05) is 20.8 Å². The van der Waals surface area contributed by atoms with Gasteiger partial charge in [-0.3, -0.25) is 4.79 Å². The van der Waals surface area contributed by atoms with Crippen LogP contribution in [0.25, 0.3) is 0 Å². The molecule has 0 aromatic heterocycles. The largest absolute Gasteiger partial charge is 0.493 e. The lowest BCUT2D eigenvalue weighted by molar-refractivity contribution is -0.123. The van der Waals surface area contributed by atoms with Gasteiger partial charge in [-0.2, -0.15) is 0 Å². The molecule has 2 aromatic rings. The highest BCUT2D eigenvalue weighted by Crippen LogP contribution is 2.29. The van der Waals surface area contributed by atoms with Gasteiger partial charge in [-0.15, -0.1) is 0 Å². The Morgan fingerprint density at radius 2 is 1.74 bits per heavy atom. The van der Waals surface area contributed by atoms with Crippen molar-refractivity contribution in [1.82, 2.24) is 5.32 Å². The van der Waals surface area contributed by atoms with E-state index < -0.39 is 0 Å². The second-order valence-electron chi connectivity index (χ2n) is 5.01. The highest BCUT2D eigenvalue weighted by Gasteiger charge is 2.13. The van der Waals surface area contributed by atoms with Crippen molar-refractivity contribution in [2.24, 2.45) is 0 Å². The zero-order valence-corrected chi connectivity index (χ0v) is 13.5. The van der Waals surface area contributed by atoms with Crippen LogP contribution in [-0.2, 0) is 4.79 Å². The zero-order chi connectivity index (χ0) is 16.7. The fourth-order valence-corrected chi connectivity index (χ4v) is 2.15. The molecule has 0 aliphatic rings. The van der Waals surface area contributed by atoms with Gasteiger partial charge in [-0.25, -0.2) is 0 Å². The Morgan fingerprint density at radius 3 is 2.39 bits per heavy atom. The Labute approximate surface area is 136 Å². The van der Waals surface area contributed by atoms with E-state index in [1.165, 1.54) is 0 Å². The van der Waals surface area contributed by atoms with Crippen LogP contribution in [0.3, 0.4) is 0 Å². The molecule has 2 aromatic carbocycles. The molecule has 0 heterocycles. The predicted octanol–water partition coefficient (Wildman–Crippen LogP) is 2.96. The van der Waals surface area contributed by atoms with Crippen LogP contribution in [0.5, 0.6) is 17.2 Å². The molecule has 5 heteroatoms. The number of ether oxygens (including phenoxy) is 3. The van der Waals surface area contributed by atoms with Crippen molar-refractivity contribution in [2.45, 2.75) is 13.0 Å². The molecule has 0 unspecified atom stereocenters. The number of hydrogen-bond donors (Lipinski definition) is 1. The first-order valence-corrected chi connectivity index (χ1v) is 7.33. The first-order valence-electron chi connectivity index (χ1n) is 7.33. The third-order valence-corrected chi connectivity index (χ3v) is 3.40. The summed E-state index contributed by atoms with van der Waals surface area (Å²) in [4.78, 5) is 12.0. The van der Waals surface area contributed by atoms with E-state index in [0.29, 0.717) is 17.2 Å². The average molecular weight is 315 g/mol. The molecule has 1 amide bonds. The number of benzene rings is 2. The van der Waals surface area contributed by atoms with Crippen LogP contribution in [0.15, 0.2) is 48.5 Å². The molecular weight excluding hydrogens is 294 g/mol. The van der Waals surface area contributed by atoms with Gasteiger partial charge in [-0.05, 0) is 36.8 Å². The Bertz CT molecular complexity index is 643. The molecule has 0 aliphatic carbocycles. The Kier molecular flexibility index (Phi) is 5.86. The van der Waals surface area contributed by atoms with Crippen LogP contribution in [0, 0.1) is 0 Å². The van der Waals surface area contributed by atoms with Crippen molar-refractivity contribution in [3.8, 4) is 17.2 Å². The van der Waals surface area contributed by atoms with Crippen LogP contribution >= 0.6 is 0 Å². The normalized spacial score (nSPS) is 11.4. The van der Waals surface area contributed by atoms with E-state index in [1.807, 2.05) is 55.5 Å². The third-order valence-electron chi connectivity index (χ3n) is 3.40. The lowest BCUT2D eigenvalue weighted by atomic mass is 10.1. The van der Waals surface area contributed by atoms with E-state index in [-0.39, 0.29) is 18.6 Å². The lowest BCUT2D eigenvalue weighted by Gasteiger charge is -2.16. The molecule has 1 atom stereocenters. The number of hydrogen-bond acceptors (Lipinski definition) is 4. The van der Waals surface area contributed by atoms with Crippen LogP contribution in [0.4, 0.5) is 0 Å². The van der Waals surface area contributed by atoms with Gasteiger partial charge in [0.25, 0.3) is 5.91 Å². The number of carbonyl (C=O) groups is 1. The van der Waals surface area contributed by atoms with Gasteiger partial charge in [0.1, 0.15) is 5.75 Å². The van der Waals surface area contributed by atoms with Crippen LogP contribution in [0.1, 0.15) is 18.5 Å². The first-order chi connectivity index (χ1) is 11.1. The topological polar surface area (TPSA) is 56.8 Å². The molecule has 0 aliphatic heterocycles. The van der Waals surface area contributed by atoms with E-state index >= 15 is 0 Å². The van der Waals surface area contributed by atoms with Crippen molar-refractivity contribution >= 4 is 5.91 Å². The Balaban J connectivity index is 1.93. The predicted molar refractivity (Wildman–Crippen MR) is 88.0 cm³/mol. The van der Waals surface area contributed by atoms with E-state index in [2.05, 4.69) is 5.32 Å². The fourth-order valence-electron chi connectivity index (χ4n) is 2.15. The summed E-state index contributed by atoms with van der Waals surface area (Å²) in [5.41, 5.74) is 0.927. The smallest absolute Gasteiger partial charge is 0.258 e. The summed E-state index contributed by atoms with van der Waals surface area (Å²) in [6.45, 7) is 1.88. The summed E-state index contributed by atoms with van der Waals surface area (Å²) in [6.07, 6.45) is 0. The van der Waals surface area contributed by atoms with Gasteiger partial charge < -0.3 is 19.5 Å². The maximum absolute atomic E-state index is 12.0.